The molecule has 2 aliphatic carbocycles. The summed E-state index contributed by atoms with van der Waals surface area (Å²) in [5.74, 6) is 0.798. The summed E-state index contributed by atoms with van der Waals surface area (Å²) in [7, 11) is 0. The highest BCUT2D eigenvalue weighted by molar-refractivity contribution is 5.10. The normalized spacial score (nSPS) is 40.2. The van der Waals surface area contributed by atoms with Crippen LogP contribution in [-0.4, -0.2) is 10.7 Å². The fourth-order valence-electron chi connectivity index (χ4n) is 4.19. The SMILES string of the molecule is CC(C)(C)C(C)(O)C12CCCC1CCC2. The van der Waals surface area contributed by atoms with Gasteiger partial charge in [-0.05, 0) is 43.9 Å². The van der Waals surface area contributed by atoms with Gasteiger partial charge in [0.25, 0.3) is 0 Å². The van der Waals surface area contributed by atoms with E-state index in [4.69, 9.17) is 0 Å². The molecule has 1 unspecified atom stereocenters. The summed E-state index contributed by atoms with van der Waals surface area (Å²) in [6.45, 7) is 8.66. The van der Waals surface area contributed by atoms with Crippen LogP contribution < -0.4 is 0 Å². The predicted octanol–water partition coefficient (Wildman–Crippen LogP) is 3.75. The van der Waals surface area contributed by atoms with Crippen molar-refractivity contribution in [2.75, 3.05) is 0 Å². The fourth-order valence-corrected chi connectivity index (χ4v) is 4.19. The van der Waals surface area contributed by atoms with Gasteiger partial charge in [0.05, 0.1) is 5.60 Å². The molecule has 1 N–H and O–H groups in total. The van der Waals surface area contributed by atoms with Gasteiger partial charge in [-0.2, -0.15) is 0 Å². The van der Waals surface area contributed by atoms with Crippen molar-refractivity contribution in [1.82, 2.24) is 0 Å². The Morgan fingerprint density at radius 1 is 1.00 bits per heavy atom. The maximum absolute atomic E-state index is 11.0. The number of rotatable bonds is 1. The van der Waals surface area contributed by atoms with Crippen LogP contribution in [0.15, 0.2) is 0 Å². The maximum Gasteiger partial charge on any atom is 0.0726 e. The van der Waals surface area contributed by atoms with Crippen LogP contribution in [0.5, 0.6) is 0 Å². The monoisotopic (exact) mass is 210 g/mol. The molecule has 0 radical (unpaired) electrons. The van der Waals surface area contributed by atoms with E-state index in [2.05, 4.69) is 27.7 Å². The van der Waals surface area contributed by atoms with Crippen LogP contribution in [0.3, 0.4) is 0 Å². The van der Waals surface area contributed by atoms with Gasteiger partial charge in [0.15, 0.2) is 0 Å². The molecule has 0 bridgehead atoms. The van der Waals surface area contributed by atoms with Gasteiger partial charge in [0, 0.05) is 5.41 Å². The van der Waals surface area contributed by atoms with Crippen molar-refractivity contribution in [3.63, 3.8) is 0 Å². The lowest BCUT2D eigenvalue weighted by atomic mass is 9.58. The lowest BCUT2D eigenvalue weighted by Gasteiger charge is -2.51. The van der Waals surface area contributed by atoms with Gasteiger partial charge in [-0.15, -0.1) is 0 Å². The van der Waals surface area contributed by atoms with E-state index in [1.165, 1.54) is 38.5 Å². The third kappa shape index (κ3) is 1.39. The average Bonchev–Trinajstić information content (AvgIpc) is 2.57. The minimum Gasteiger partial charge on any atom is -0.389 e. The Kier molecular flexibility index (Phi) is 2.46. The highest BCUT2D eigenvalue weighted by Gasteiger charge is 2.60. The zero-order chi connectivity index (χ0) is 11.3. The first-order valence-corrected chi connectivity index (χ1v) is 6.54. The highest BCUT2D eigenvalue weighted by atomic mass is 16.3. The zero-order valence-corrected chi connectivity index (χ0v) is 10.8. The third-order valence-electron chi connectivity index (χ3n) is 5.56. The molecule has 2 saturated carbocycles. The van der Waals surface area contributed by atoms with Gasteiger partial charge in [-0.1, -0.05) is 33.6 Å². The second-order valence-electron chi connectivity index (χ2n) is 6.96. The molecule has 2 fully saturated rings. The van der Waals surface area contributed by atoms with Crippen LogP contribution in [0.4, 0.5) is 0 Å². The van der Waals surface area contributed by atoms with Crippen LogP contribution in [0, 0.1) is 16.7 Å². The predicted molar refractivity (Wildman–Crippen MR) is 63.7 cm³/mol. The third-order valence-corrected chi connectivity index (χ3v) is 5.56. The Balaban J connectivity index is 2.35. The van der Waals surface area contributed by atoms with Crippen molar-refractivity contribution in [3.8, 4) is 0 Å². The molecular weight excluding hydrogens is 184 g/mol. The number of aliphatic hydroxyl groups is 1. The quantitative estimate of drug-likeness (QED) is 0.699. The molecule has 0 aromatic rings. The van der Waals surface area contributed by atoms with E-state index in [0.29, 0.717) is 0 Å². The van der Waals surface area contributed by atoms with Gasteiger partial charge < -0.3 is 5.11 Å². The van der Waals surface area contributed by atoms with Crippen LogP contribution in [0.2, 0.25) is 0 Å². The molecule has 0 amide bonds. The van der Waals surface area contributed by atoms with Crippen LogP contribution in [0.1, 0.15) is 66.2 Å². The van der Waals surface area contributed by atoms with E-state index in [0.717, 1.165) is 5.92 Å². The largest absolute Gasteiger partial charge is 0.389 e. The summed E-state index contributed by atoms with van der Waals surface area (Å²) < 4.78 is 0. The Labute approximate surface area is 94.3 Å². The van der Waals surface area contributed by atoms with Crippen molar-refractivity contribution < 1.29 is 5.11 Å². The van der Waals surface area contributed by atoms with E-state index in [9.17, 15) is 5.11 Å². The first-order valence-electron chi connectivity index (χ1n) is 6.54. The molecule has 0 heterocycles. The molecule has 0 saturated heterocycles. The van der Waals surface area contributed by atoms with E-state index in [1.54, 1.807) is 0 Å². The Hall–Kier alpha value is -0.0400. The summed E-state index contributed by atoms with van der Waals surface area (Å²) in [6, 6.07) is 0. The van der Waals surface area contributed by atoms with E-state index in [-0.39, 0.29) is 10.8 Å². The number of hydrogen-bond acceptors (Lipinski definition) is 1. The molecule has 2 aliphatic rings. The standard InChI is InChI=1S/C14H26O/c1-12(2,3)13(4,15)14-9-5-7-11(14)8-6-10-14/h11,15H,5-10H2,1-4H3. The van der Waals surface area contributed by atoms with Gasteiger partial charge in [0.1, 0.15) is 0 Å². The summed E-state index contributed by atoms with van der Waals surface area (Å²) in [5.41, 5.74) is -0.261. The van der Waals surface area contributed by atoms with Crippen molar-refractivity contribution >= 4 is 0 Å². The lowest BCUT2D eigenvalue weighted by Crippen LogP contribution is -2.54. The topological polar surface area (TPSA) is 20.2 Å². The zero-order valence-electron chi connectivity index (χ0n) is 10.8. The summed E-state index contributed by atoms with van der Waals surface area (Å²) >= 11 is 0. The van der Waals surface area contributed by atoms with Gasteiger partial charge in [0.2, 0.25) is 0 Å². The van der Waals surface area contributed by atoms with Crippen molar-refractivity contribution in [3.05, 3.63) is 0 Å². The second kappa shape index (κ2) is 3.23. The Morgan fingerprint density at radius 2 is 1.47 bits per heavy atom. The fraction of sp³-hybridized carbons (Fsp3) is 1.00. The van der Waals surface area contributed by atoms with Gasteiger partial charge in [-0.3, -0.25) is 0 Å². The summed E-state index contributed by atoms with van der Waals surface area (Å²) in [6.07, 6.45) is 7.87. The Bertz CT molecular complexity index is 237. The van der Waals surface area contributed by atoms with E-state index < -0.39 is 5.60 Å². The van der Waals surface area contributed by atoms with Crippen molar-refractivity contribution in [2.45, 2.75) is 71.8 Å². The number of fused-ring (bicyclic) bond motifs is 1. The van der Waals surface area contributed by atoms with Crippen molar-refractivity contribution in [2.24, 2.45) is 16.7 Å². The minimum atomic E-state index is -0.502. The molecule has 2 rings (SSSR count). The van der Waals surface area contributed by atoms with Crippen LogP contribution in [-0.2, 0) is 0 Å². The van der Waals surface area contributed by atoms with Crippen LogP contribution in [0.25, 0.3) is 0 Å². The minimum absolute atomic E-state index is 0.0000694. The molecule has 15 heavy (non-hydrogen) atoms. The molecule has 1 nitrogen and oxygen atoms in total. The molecule has 88 valence electrons. The van der Waals surface area contributed by atoms with Crippen molar-refractivity contribution in [1.29, 1.82) is 0 Å². The molecule has 1 heteroatoms. The van der Waals surface area contributed by atoms with Gasteiger partial charge >= 0.3 is 0 Å². The van der Waals surface area contributed by atoms with Crippen LogP contribution >= 0.6 is 0 Å². The lowest BCUT2D eigenvalue weighted by molar-refractivity contribution is -0.152. The van der Waals surface area contributed by atoms with E-state index in [1.807, 2.05) is 0 Å². The molecule has 0 aliphatic heterocycles. The highest BCUT2D eigenvalue weighted by Crippen LogP contribution is 2.63. The first kappa shape index (κ1) is 11.4. The summed E-state index contributed by atoms with van der Waals surface area (Å²) in [4.78, 5) is 0. The molecular formula is C14H26O. The maximum atomic E-state index is 11.0. The number of hydrogen-bond donors (Lipinski definition) is 1. The van der Waals surface area contributed by atoms with E-state index >= 15 is 0 Å². The molecule has 0 spiro atoms. The van der Waals surface area contributed by atoms with Gasteiger partial charge in [-0.25, -0.2) is 0 Å². The Morgan fingerprint density at radius 3 is 1.87 bits per heavy atom. The summed E-state index contributed by atoms with van der Waals surface area (Å²) in [5, 5.41) is 11.0. The molecule has 0 aromatic carbocycles. The molecule has 1 atom stereocenters. The second-order valence-corrected chi connectivity index (χ2v) is 6.96. The first-order chi connectivity index (χ1) is 6.81. The average molecular weight is 210 g/mol. The molecule has 0 aromatic heterocycles. The smallest absolute Gasteiger partial charge is 0.0726 e.